The molecule has 16 heavy (non-hydrogen) atoms. The molecule has 1 rings (SSSR count). The first-order chi connectivity index (χ1) is 7.77. The average Bonchev–Trinajstić information content (AvgIpc) is 2.35. The normalized spacial score (nSPS) is 19.1. The number of nitrogens with two attached hydrogens (primary N) is 1. The summed E-state index contributed by atoms with van der Waals surface area (Å²) >= 11 is 0. The Labute approximate surface area is 97.9 Å². The van der Waals surface area contributed by atoms with Crippen molar-refractivity contribution in [2.75, 3.05) is 0 Å². The van der Waals surface area contributed by atoms with Crippen LogP contribution in [0.15, 0.2) is 0 Å². The summed E-state index contributed by atoms with van der Waals surface area (Å²) in [6, 6.07) is 0. The molecule has 0 heterocycles. The fourth-order valence-corrected chi connectivity index (χ4v) is 2.47. The molecule has 0 aromatic rings. The van der Waals surface area contributed by atoms with Crippen molar-refractivity contribution in [1.29, 1.82) is 0 Å². The van der Waals surface area contributed by atoms with Crippen LogP contribution in [0.5, 0.6) is 0 Å². The lowest BCUT2D eigenvalue weighted by Crippen LogP contribution is -2.37. The second-order valence-electron chi connectivity index (χ2n) is 4.63. The molecule has 1 aliphatic rings. The number of hydrazine groups is 1. The van der Waals surface area contributed by atoms with Gasteiger partial charge >= 0.3 is 6.09 Å². The van der Waals surface area contributed by atoms with Gasteiger partial charge in [-0.3, -0.25) is 5.43 Å². The molecule has 4 heteroatoms. The van der Waals surface area contributed by atoms with E-state index in [9.17, 15) is 4.79 Å². The lowest BCUT2D eigenvalue weighted by molar-refractivity contribution is 0.0415. The summed E-state index contributed by atoms with van der Waals surface area (Å²) in [5.74, 6) is 5.59. The lowest BCUT2D eigenvalue weighted by atomic mass is 9.83. The molecule has 1 fully saturated rings. The summed E-state index contributed by atoms with van der Waals surface area (Å²) in [6.07, 6.45) is 9.00. The van der Waals surface area contributed by atoms with Crippen LogP contribution in [0, 0.1) is 5.92 Å². The molecule has 0 saturated heterocycles. The zero-order chi connectivity index (χ0) is 11.8. The van der Waals surface area contributed by atoms with Crippen molar-refractivity contribution in [3.8, 4) is 0 Å². The number of carbonyl (C=O) groups is 1. The Balaban J connectivity index is 2.43. The molecule has 0 aromatic carbocycles. The molecule has 3 N–H and O–H groups in total. The maximum atomic E-state index is 11.2. The Bertz CT molecular complexity index is 203. The topological polar surface area (TPSA) is 64.3 Å². The van der Waals surface area contributed by atoms with Crippen LogP contribution in [0.1, 0.15) is 58.3 Å². The Kier molecular flexibility index (Phi) is 6.23. The predicted octanol–water partition coefficient (Wildman–Crippen LogP) is 2.73. The number of hydrogen-bond donors (Lipinski definition) is 2. The summed E-state index contributed by atoms with van der Waals surface area (Å²) in [5, 5.41) is 0. The van der Waals surface area contributed by atoms with Crippen molar-refractivity contribution in [2.24, 2.45) is 11.8 Å². The van der Waals surface area contributed by atoms with Crippen LogP contribution in [-0.4, -0.2) is 12.2 Å². The van der Waals surface area contributed by atoms with Crippen molar-refractivity contribution in [2.45, 2.75) is 64.4 Å². The van der Waals surface area contributed by atoms with Crippen LogP contribution in [0.2, 0.25) is 0 Å². The van der Waals surface area contributed by atoms with Crippen molar-refractivity contribution >= 4 is 6.09 Å². The third-order valence-electron chi connectivity index (χ3n) is 3.39. The van der Waals surface area contributed by atoms with Gasteiger partial charge in [0.05, 0.1) is 0 Å². The summed E-state index contributed by atoms with van der Waals surface area (Å²) < 4.78 is 5.37. The third kappa shape index (κ3) is 4.39. The van der Waals surface area contributed by atoms with Gasteiger partial charge in [-0.15, -0.1) is 0 Å². The molecule has 0 radical (unpaired) electrons. The largest absolute Gasteiger partial charge is 0.445 e. The maximum absolute atomic E-state index is 11.2. The quantitative estimate of drug-likeness (QED) is 0.432. The molecule has 1 unspecified atom stereocenters. The molecule has 0 aliphatic heterocycles. The minimum Gasteiger partial charge on any atom is -0.445 e. The Morgan fingerprint density at radius 1 is 1.44 bits per heavy atom. The number of hydrogen-bond acceptors (Lipinski definition) is 3. The number of rotatable bonds is 5. The van der Waals surface area contributed by atoms with Crippen molar-refractivity contribution in [1.82, 2.24) is 5.43 Å². The summed E-state index contributed by atoms with van der Waals surface area (Å²) in [7, 11) is 0. The number of carbonyl (C=O) groups excluding carboxylic acids is 1. The van der Waals surface area contributed by atoms with Gasteiger partial charge < -0.3 is 4.74 Å². The molecule has 94 valence electrons. The van der Waals surface area contributed by atoms with Gasteiger partial charge in [0.1, 0.15) is 6.10 Å². The monoisotopic (exact) mass is 228 g/mol. The van der Waals surface area contributed by atoms with E-state index in [4.69, 9.17) is 10.6 Å². The highest BCUT2D eigenvalue weighted by Gasteiger charge is 2.26. The van der Waals surface area contributed by atoms with Crippen LogP contribution in [-0.2, 0) is 4.74 Å². The van der Waals surface area contributed by atoms with Crippen LogP contribution in [0.4, 0.5) is 4.79 Å². The first-order valence-corrected chi connectivity index (χ1v) is 6.45. The Morgan fingerprint density at radius 2 is 2.12 bits per heavy atom. The third-order valence-corrected chi connectivity index (χ3v) is 3.39. The van der Waals surface area contributed by atoms with E-state index in [0.29, 0.717) is 5.92 Å². The number of ether oxygens (including phenoxy) is 1. The van der Waals surface area contributed by atoms with Gasteiger partial charge in [0.15, 0.2) is 0 Å². The van der Waals surface area contributed by atoms with E-state index in [1.165, 1.54) is 32.1 Å². The van der Waals surface area contributed by atoms with E-state index in [2.05, 4.69) is 6.92 Å². The zero-order valence-electron chi connectivity index (χ0n) is 10.2. The standard InChI is InChI=1S/C12H24N2O2/c1-2-3-9-11(16-12(15)14-13)10-7-5-4-6-8-10/h10-11H,2-9,13H2,1H3,(H,14,15). The molecule has 1 aliphatic carbocycles. The molecule has 1 atom stereocenters. The maximum Gasteiger partial charge on any atom is 0.421 e. The molecule has 1 saturated carbocycles. The van der Waals surface area contributed by atoms with E-state index < -0.39 is 6.09 Å². The minimum absolute atomic E-state index is 0.0591. The molecule has 0 spiro atoms. The summed E-state index contributed by atoms with van der Waals surface area (Å²) in [6.45, 7) is 2.15. The number of nitrogens with one attached hydrogen (secondary N) is 1. The van der Waals surface area contributed by atoms with E-state index in [-0.39, 0.29) is 6.10 Å². The SMILES string of the molecule is CCCCC(OC(=O)NN)C1CCCCC1. The van der Waals surface area contributed by atoms with Gasteiger partial charge in [-0.25, -0.2) is 10.6 Å². The minimum atomic E-state index is -0.494. The summed E-state index contributed by atoms with van der Waals surface area (Å²) in [4.78, 5) is 11.2. The Morgan fingerprint density at radius 3 is 2.69 bits per heavy atom. The van der Waals surface area contributed by atoms with Gasteiger partial charge in [-0.05, 0) is 25.2 Å². The van der Waals surface area contributed by atoms with Crippen molar-refractivity contribution < 1.29 is 9.53 Å². The predicted molar refractivity (Wildman–Crippen MR) is 63.7 cm³/mol. The van der Waals surface area contributed by atoms with Crippen LogP contribution in [0.25, 0.3) is 0 Å². The fraction of sp³-hybridized carbons (Fsp3) is 0.917. The highest BCUT2D eigenvalue weighted by molar-refractivity contribution is 5.66. The molecule has 4 nitrogen and oxygen atoms in total. The smallest absolute Gasteiger partial charge is 0.421 e. The number of unbranched alkanes of at least 4 members (excludes halogenated alkanes) is 1. The van der Waals surface area contributed by atoms with Crippen LogP contribution < -0.4 is 11.3 Å². The number of amides is 1. The van der Waals surface area contributed by atoms with E-state index in [1.54, 1.807) is 0 Å². The highest BCUT2D eigenvalue weighted by atomic mass is 16.6. The van der Waals surface area contributed by atoms with Crippen molar-refractivity contribution in [3.05, 3.63) is 0 Å². The zero-order valence-corrected chi connectivity index (χ0v) is 10.2. The average molecular weight is 228 g/mol. The first-order valence-electron chi connectivity index (χ1n) is 6.45. The van der Waals surface area contributed by atoms with Crippen LogP contribution >= 0.6 is 0 Å². The van der Waals surface area contributed by atoms with Gasteiger partial charge in [-0.1, -0.05) is 39.0 Å². The van der Waals surface area contributed by atoms with Gasteiger partial charge in [0.2, 0.25) is 0 Å². The molecule has 0 bridgehead atoms. The molecule has 1 amide bonds. The van der Waals surface area contributed by atoms with Gasteiger partial charge in [0, 0.05) is 0 Å². The second-order valence-corrected chi connectivity index (χ2v) is 4.63. The molecular weight excluding hydrogens is 204 g/mol. The lowest BCUT2D eigenvalue weighted by Gasteiger charge is -2.29. The second kappa shape index (κ2) is 7.49. The van der Waals surface area contributed by atoms with Gasteiger partial charge in [-0.2, -0.15) is 0 Å². The van der Waals surface area contributed by atoms with Gasteiger partial charge in [0.25, 0.3) is 0 Å². The van der Waals surface area contributed by atoms with E-state index in [0.717, 1.165) is 19.3 Å². The van der Waals surface area contributed by atoms with E-state index in [1.807, 2.05) is 5.43 Å². The molecule has 0 aromatic heterocycles. The summed E-state index contributed by atoms with van der Waals surface area (Å²) in [5.41, 5.74) is 2.05. The Hall–Kier alpha value is -0.770. The van der Waals surface area contributed by atoms with Crippen LogP contribution in [0.3, 0.4) is 0 Å². The van der Waals surface area contributed by atoms with E-state index >= 15 is 0 Å². The van der Waals surface area contributed by atoms with Crippen molar-refractivity contribution in [3.63, 3.8) is 0 Å². The highest BCUT2D eigenvalue weighted by Crippen LogP contribution is 2.30. The fourth-order valence-electron chi connectivity index (χ4n) is 2.47. The molecular formula is C12H24N2O2. The first kappa shape index (κ1) is 13.3.